The monoisotopic (exact) mass is 569 g/mol. The average molecular weight is 570 g/mol. The zero-order valence-electron chi connectivity index (χ0n) is 23.0. The molecule has 0 aliphatic carbocycles. The van der Waals surface area contributed by atoms with E-state index in [0.29, 0.717) is 6.42 Å². The summed E-state index contributed by atoms with van der Waals surface area (Å²) in [5.74, 6) is -0.827. The number of nitrogens with zero attached hydrogens (tertiary/aromatic N) is 2. The lowest BCUT2D eigenvalue weighted by Gasteiger charge is -2.35. The average Bonchev–Trinajstić information content (AvgIpc) is 2.88. The Morgan fingerprint density at radius 3 is 2.08 bits per heavy atom. The number of carbonyl (C=O) groups is 2. The number of benzene rings is 3. The Balaban J connectivity index is 2.07. The lowest BCUT2D eigenvalue weighted by atomic mass is 10.1. The van der Waals surface area contributed by atoms with Gasteiger partial charge in [0.05, 0.1) is 15.6 Å². The summed E-state index contributed by atoms with van der Waals surface area (Å²) in [4.78, 5) is 28.9. The van der Waals surface area contributed by atoms with E-state index < -0.39 is 34.1 Å². The first-order chi connectivity index (χ1) is 18.3. The first-order valence-corrected chi connectivity index (χ1v) is 14.6. The van der Waals surface area contributed by atoms with Crippen molar-refractivity contribution < 1.29 is 18.0 Å². The van der Waals surface area contributed by atoms with Gasteiger partial charge in [0, 0.05) is 12.1 Å². The molecule has 0 aliphatic heterocycles. The fourth-order valence-electron chi connectivity index (χ4n) is 4.15. The molecule has 0 saturated heterocycles. The Morgan fingerprint density at radius 1 is 0.923 bits per heavy atom. The lowest BCUT2D eigenvalue weighted by Crippen LogP contribution is -2.55. The minimum Gasteiger partial charge on any atom is -0.350 e. The van der Waals surface area contributed by atoms with Gasteiger partial charge in [-0.3, -0.25) is 13.9 Å². The molecule has 0 aromatic heterocycles. The molecule has 3 aromatic rings. The van der Waals surface area contributed by atoms with Gasteiger partial charge >= 0.3 is 0 Å². The third-order valence-electron chi connectivity index (χ3n) is 6.09. The summed E-state index contributed by atoms with van der Waals surface area (Å²) in [5, 5.41) is 3.15. The van der Waals surface area contributed by atoms with Crippen molar-refractivity contribution in [2.45, 2.75) is 64.1 Å². The van der Waals surface area contributed by atoms with Gasteiger partial charge in [-0.15, -0.1) is 0 Å². The highest BCUT2D eigenvalue weighted by molar-refractivity contribution is 7.92. The highest BCUT2D eigenvalue weighted by Crippen LogP contribution is 2.30. The largest absolute Gasteiger partial charge is 0.350 e. The number of rotatable bonds is 10. The van der Waals surface area contributed by atoms with Crippen LogP contribution in [-0.4, -0.2) is 43.3 Å². The van der Waals surface area contributed by atoms with Crippen molar-refractivity contribution in [1.29, 1.82) is 0 Å². The Kier molecular flexibility index (Phi) is 9.80. The minimum atomic E-state index is -4.16. The van der Waals surface area contributed by atoms with Crippen LogP contribution in [0.15, 0.2) is 83.8 Å². The van der Waals surface area contributed by atoms with Gasteiger partial charge in [-0.05, 0) is 63.9 Å². The van der Waals surface area contributed by atoms with Crippen molar-refractivity contribution >= 4 is 39.1 Å². The predicted octanol–water partition coefficient (Wildman–Crippen LogP) is 5.57. The number of hydrogen-bond acceptors (Lipinski definition) is 4. The van der Waals surface area contributed by atoms with Crippen LogP contribution in [0, 0.1) is 6.92 Å². The molecule has 1 N–H and O–H groups in total. The van der Waals surface area contributed by atoms with Crippen LogP contribution in [0.5, 0.6) is 0 Å². The third-order valence-corrected chi connectivity index (χ3v) is 8.18. The summed E-state index contributed by atoms with van der Waals surface area (Å²) in [6.45, 7) is 9.01. The third kappa shape index (κ3) is 7.83. The summed E-state index contributed by atoms with van der Waals surface area (Å²) in [7, 11) is -4.16. The van der Waals surface area contributed by atoms with E-state index in [1.807, 2.05) is 58.9 Å². The molecule has 9 heteroatoms. The predicted molar refractivity (Wildman–Crippen MR) is 156 cm³/mol. The van der Waals surface area contributed by atoms with Crippen LogP contribution in [-0.2, 0) is 26.2 Å². The van der Waals surface area contributed by atoms with Gasteiger partial charge in [0.2, 0.25) is 11.8 Å². The van der Waals surface area contributed by atoms with Gasteiger partial charge in [0.25, 0.3) is 10.0 Å². The van der Waals surface area contributed by atoms with Gasteiger partial charge in [-0.1, -0.05) is 78.7 Å². The molecule has 3 aromatic carbocycles. The van der Waals surface area contributed by atoms with Crippen molar-refractivity contribution in [3.05, 3.63) is 95.0 Å². The number of sulfonamides is 1. The minimum absolute atomic E-state index is 0.0281. The Labute approximate surface area is 236 Å². The molecule has 1 atom stereocenters. The van der Waals surface area contributed by atoms with Crippen molar-refractivity contribution in [3.8, 4) is 0 Å². The molecule has 208 valence electrons. The summed E-state index contributed by atoms with van der Waals surface area (Å²) < 4.78 is 28.7. The number of para-hydroxylation sites is 1. The molecule has 0 radical (unpaired) electrons. The standard InChI is InChI=1S/C30H36ClN3O4S/c1-6-26(29(36)32-30(3,4)5)33(20-23-18-16-22(2)17-19-23)28(35)21-34(27-15-11-10-14-25(27)31)39(37,38)24-12-8-7-9-13-24/h7-19,26H,6,20-21H2,1-5H3,(H,32,36)/t26-/m1/s1. The lowest BCUT2D eigenvalue weighted by molar-refractivity contribution is -0.141. The number of carbonyl (C=O) groups excluding carboxylic acids is 2. The SMILES string of the molecule is CC[C@H](C(=O)NC(C)(C)C)N(Cc1ccc(C)cc1)C(=O)CN(c1ccccc1Cl)S(=O)(=O)c1ccccc1. The second kappa shape index (κ2) is 12.7. The number of anilines is 1. The van der Waals surface area contributed by atoms with Crippen molar-refractivity contribution in [3.63, 3.8) is 0 Å². The van der Waals surface area contributed by atoms with Gasteiger partial charge in [-0.2, -0.15) is 0 Å². The van der Waals surface area contributed by atoms with E-state index in [1.54, 1.807) is 42.5 Å². The molecule has 39 heavy (non-hydrogen) atoms. The Morgan fingerprint density at radius 2 is 1.51 bits per heavy atom. The van der Waals surface area contributed by atoms with Crippen LogP contribution in [0.2, 0.25) is 5.02 Å². The summed E-state index contributed by atoms with van der Waals surface area (Å²) >= 11 is 6.44. The maximum absolute atomic E-state index is 14.1. The van der Waals surface area contributed by atoms with Crippen molar-refractivity contribution in [2.24, 2.45) is 0 Å². The van der Waals surface area contributed by atoms with E-state index in [0.717, 1.165) is 15.4 Å². The van der Waals surface area contributed by atoms with E-state index >= 15 is 0 Å². The molecule has 0 fully saturated rings. The number of halogens is 1. The summed E-state index contributed by atoms with van der Waals surface area (Å²) in [6.07, 6.45) is 0.344. The highest BCUT2D eigenvalue weighted by Gasteiger charge is 2.35. The number of amides is 2. The molecule has 7 nitrogen and oxygen atoms in total. The number of hydrogen-bond donors (Lipinski definition) is 1. The first-order valence-electron chi connectivity index (χ1n) is 12.8. The fraction of sp³-hybridized carbons (Fsp3) is 0.333. The topological polar surface area (TPSA) is 86.8 Å². The maximum Gasteiger partial charge on any atom is 0.264 e. The molecule has 0 bridgehead atoms. The van der Waals surface area contributed by atoms with Crippen LogP contribution >= 0.6 is 11.6 Å². The van der Waals surface area contributed by atoms with E-state index in [9.17, 15) is 18.0 Å². The zero-order chi connectivity index (χ0) is 28.8. The smallest absolute Gasteiger partial charge is 0.264 e. The summed E-state index contributed by atoms with van der Waals surface area (Å²) in [5.41, 5.74) is 1.56. The number of aryl methyl sites for hydroxylation is 1. The van der Waals surface area contributed by atoms with Gasteiger partial charge in [0.15, 0.2) is 0 Å². The van der Waals surface area contributed by atoms with Gasteiger partial charge in [0.1, 0.15) is 12.6 Å². The van der Waals surface area contributed by atoms with Crippen molar-refractivity contribution in [1.82, 2.24) is 10.2 Å². The normalized spacial score (nSPS) is 12.5. The second-order valence-corrected chi connectivity index (χ2v) is 12.7. The van der Waals surface area contributed by atoms with Crippen LogP contribution in [0.4, 0.5) is 5.69 Å². The molecule has 2 amide bonds. The fourth-order valence-corrected chi connectivity index (χ4v) is 5.89. The van der Waals surface area contributed by atoms with E-state index in [4.69, 9.17) is 11.6 Å². The molecular weight excluding hydrogens is 534 g/mol. The molecule has 0 unspecified atom stereocenters. The molecule has 0 heterocycles. The molecule has 0 saturated carbocycles. The van der Waals surface area contributed by atoms with E-state index in [-0.39, 0.29) is 28.1 Å². The van der Waals surface area contributed by atoms with Crippen LogP contribution in [0.3, 0.4) is 0 Å². The Hall–Kier alpha value is -3.36. The maximum atomic E-state index is 14.1. The zero-order valence-corrected chi connectivity index (χ0v) is 24.6. The highest BCUT2D eigenvalue weighted by atomic mass is 35.5. The quantitative estimate of drug-likeness (QED) is 0.346. The van der Waals surface area contributed by atoms with Gasteiger partial charge < -0.3 is 10.2 Å². The molecule has 0 aliphatic rings. The van der Waals surface area contributed by atoms with Gasteiger partial charge in [-0.25, -0.2) is 8.42 Å². The Bertz CT molecular complexity index is 1390. The number of nitrogens with one attached hydrogen (secondary N) is 1. The first kappa shape index (κ1) is 30.2. The molecule has 3 rings (SSSR count). The molecular formula is C30H36ClN3O4S. The van der Waals surface area contributed by atoms with Crippen molar-refractivity contribution in [2.75, 3.05) is 10.8 Å². The summed E-state index contributed by atoms with van der Waals surface area (Å²) in [6, 6.07) is 21.2. The van der Waals surface area contributed by atoms with Crippen LogP contribution in [0.1, 0.15) is 45.2 Å². The second-order valence-electron chi connectivity index (χ2n) is 10.4. The van der Waals surface area contributed by atoms with E-state index in [2.05, 4.69) is 5.32 Å². The van der Waals surface area contributed by atoms with E-state index in [1.165, 1.54) is 17.0 Å². The van der Waals surface area contributed by atoms with Crippen LogP contribution < -0.4 is 9.62 Å². The molecule has 0 spiro atoms. The van der Waals surface area contributed by atoms with Crippen LogP contribution in [0.25, 0.3) is 0 Å².